The lowest BCUT2D eigenvalue weighted by Gasteiger charge is -2.39. The van der Waals surface area contributed by atoms with Crippen molar-refractivity contribution < 1.29 is 23.9 Å². The van der Waals surface area contributed by atoms with Gasteiger partial charge in [0.05, 0.1) is 17.8 Å². The Morgan fingerprint density at radius 1 is 1.21 bits per heavy atom. The van der Waals surface area contributed by atoms with Crippen LogP contribution in [0.5, 0.6) is 0 Å². The summed E-state index contributed by atoms with van der Waals surface area (Å²) in [4.78, 5) is 48.2. The summed E-state index contributed by atoms with van der Waals surface area (Å²) in [5, 5.41) is 14.7. The van der Waals surface area contributed by atoms with Crippen LogP contribution in [0, 0.1) is 0 Å². The van der Waals surface area contributed by atoms with Crippen molar-refractivity contribution in [1.29, 1.82) is 0 Å². The zero-order valence-electron chi connectivity index (χ0n) is 21.0. The minimum Gasteiger partial charge on any atom is -0.458 e. The first-order chi connectivity index (χ1) is 18.3. The maximum absolute atomic E-state index is 13.2. The number of hydrogen-bond acceptors (Lipinski definition) is 10. The van der Waals surface area contributed by atoms with Crippen molar-refractivity contribution in [2.45, 2.75) is 37.6 Å². The third-order valence-corrected chi connectivity index (χ3v) is 8.00. The fraction of sp³-hybridized carbons (Fsp3) is 0.500. The van der Waals surface area contributed by atoms with Gasteiger partial charge in [0.1, 0.15) is 12.3 Å². The number of nitrogens with zero attached hydrogens (tertiary/aromatic N) is 5. The smallest absolute Gasteiger partial charge is 0.308 e. The lowest BCUT2D eigenvalue weighted by atomic mass is 9.98. The molecule has 4 heterocycles. The molecule has 3 amide bonds. The molecule has 1 aromatic heterocycles. The number of fused-ring (bicyclic) bond motifs is 2. The van der Waals surface area contributed by atoms with E-state index in [9.17, 15) is 14.4 Å². The summed E-state index contributed by atoms with van der Waals surface area (Å²) in [5.41, 5.74) is 1.45. The molecule has 1 aliphatic carbocycles. The topological polar surface area (TPSA) is 138 Å². The Kier molecular flexibility index (Phi) is 7.88. The van der Waals surface area contributed by atoms with Crippen molar-refractivity contribution in [1.82, 2.24) is 25.4 Å². The largest absolute Gasteiger partial charge is 0.458 e. The third kappa shape index (κ3) is 5.80. The number of amides is 3. The molecule has 0 aromatic carbocycles. The molecule has 1 saturated heterocycles. The van der Waals surface area contributed by atoms with Crippen molar-refractivity contribution in [3.8, 4) is 0 Å². The quantitative estimate of drug-likeness (QED) is 0.514. The monoisotopic (exact) mass is 561 g/mol. The van der Waals surface area contributed by atoms with Gasteiger partial charge in [-0.3, -0.25) is 14.4 Å². The molecule has 2 N–H and O–H groups in total. The highest BCUT2D eigenvalue weighted by Crippen LogP contribution is 2.25. The van der Waals surface area contributed by atoms with Gasteiger partial charge in [0.2, 0.25) is 5.91 Å². The molecule has 1 aromatic rings. The average molecular weight is 562 g/mol. The third-order valence-electron chi connectivity index (χ3n) is 6.68. The van der Waals surface area contributed by atoms with E-state index in [-0.39, 0.29) is 30.9 Å². The predicted molar refractivity (Wildman–Crippen MR) is 141 cm³/mol. The summed E-state index contributed by atoms with van der Waals surface area (Å²) in [6.07, 6.45) is 5.62. The zero-order chi connectivity index (χ0) is 26.8. The fourth-order valence-corrected chi connectivity index (χ4v) is 5.95. The molecule has 5 rings (SSSR count). The Bertz CT molecular complexity index is 1260. The second-order valence-corrected chi connectivity index (χ2v) is 11.0. The van der Waals surface area contributed by atoms with Crippen molar-refractivity contribution in [3.05, 3.63) is 38.8 Å². The standard InChI is InChI=1S/C24H28ClN7O5S/c1-31-7-5-15-19(11-31)38-24(28-15)22(35)27-17-10-32(20(33)12-36-2)8-6-14(17)26-21(34)23-30-29-16-9-13(25)3-4-18(16)37-23/h3-4,9,14,17-18H,5-8,10-12H2,1-2H3,(H,26,34)(H,27,35)/t14-,17+,18?/m0/s1. The molecule has 0 bridgehead atoms. The van der Waals surface area contributed by atoms with Crippen LogP contribution in [0.3, 0.4) is 0 Å². The second-order valence-electron chi connectivity index (χ2n) is 9.45. The van der Waals surface area contributed by atoms with Gasteiger partial charge in [-0.15, -0.1) is 21.5 Å². The van der Waals surface area contributed by atoms with E-state index in [4.69, 9.17) is 21.1 Å². The van der Waals surface area contributed by atoms with Gasteiger partial charge in [0, 0.05) is 49.6 Å². The normalized spacial score (nSPS) is 24.8. The van der Waals surface area contributed by atoms with Gasteiger partial charge >= 0.3 is 11.8 Å². The van der Waals surface area contributed by atoms with Gasteiger partial charge in [-0.1, -0.05) is 11.6 Å². The lowest BCUT2D eigenvalue weighted by Crippen LogP contribution is -2.62. The van der Waals surface area contributed by atoms with Crippen LogP contribution in [0.1, 0.15) is 26.8 Å². The van der Waals surface area contributed by atoms with Crippen LogP contribution in [0.25, 0.3) is 0 Å². The molecule has 0 radical (unpaired) electrons. The van der Waals surface area contributed by atoms with Crippen molar-refractivity contribution in [2.24, 2.45) is 10.2 Å². The summed E-state index contributed by atoms with van der Waals surface area (Å²) in [7, 11) is 3.49. The zero-order valence-corrected chi connectivity index (χ0v) is 22.5. The van der Waals surface area contributed by atoms with E-state index < -0.39 is 24.1 Å². The number of nitrogens with one attached hydrogen (secondary N) is 2. The van der Waals surface area contributed by atoms with Crippen molar-refractivity contribution in [2.75, 3.05) is 40.4 Å². The molecule has 0 spiro atoms. The number of hydrogen-bond donors (Lipinski definition) is 2. The van der Waals surface area contributed by atoms with Crippen LogP contribution in [0.2, 0.25) is 0 Å². The Labute approximate surface area is 228 Å². The van der Waals surface area contributed by atoms with Crippen LogP contribution < -0.4 is 10.6 Å². The Hall–Kier alpha value is -3.13. The number of likely N-dealkylation sites (N-methyl/N-ethyl adjacent to an activating group) is 1. The number of likely N-dealkylation sites (tertiary alicyclic amines) is 1. The van der Waals surface area contributed by atoms with E-state index >= 15 is 0 Å². The maximum Gasteiger partial charge on any atom is 0.308 e. The molecule has 0 saturated carbocycles. The SMILES string of the molecule is COCC(=O)N1CC[C@H](NC(=O)C2=NN=C3C=C(Cl)C=CC3O2)[C@H](NC(=O)c2nc3c(s2)CN(C)CC3)C1. The molecule has 4 aliphatic rings. The lowest BCUT2D eigenvalue weighted by molar-refractivity contribution is -0.136. The highest BCUT2D eigenvalue weighted by Gasteiger charge is 2.36. The molecule has 14 heteroatoms. The van der Waals surface area contributed by atoms with E-state index in [2.05, 4.69) is 30.7 Å². The molecule has 38 heavy (non-hydrogen) atoms. The molecule has 12 nitrogen and oxygen atoms in total. The van der Waals surface area contributed by atoms with E-state index in [1.807, 2.05) is 7.05 Å². The van der Waals surface area contributed by atoms with Crippen molar-refractivity contribution >= 4 is 52.3 Å². The van der Waals surface area contributed by atoms with Gasteiger partial charge in [-0.25, -0.2) is 4.98 Å². The summed E-state index contributed by atoms with van der Waals surface area (Å²) in [6.45, 7) is 2.18. The average Bonchev–Trinajstić information content (AvgIpc) is 3.33. The highest BCUT2D eigenvalue weighted by molar-refractivity contribution is 7.13. The molecule has 3 atom stereocenters. The fourth-order valence-electron chi connectivity index (χ4n) is 4.67. The van der Waals surface area contributed by atoms with Crippen LogP contribution in [-0.4, -0.2) is 103 Å². The summed E-state index contributed by atoms with van der Waals surface area (Å²) >= 11 is 7.36. The van der Waals surface area contributed by atoms with Crippen LogP contribution in [0.4, 0.5) is 0 Å². The first kappa shape index (κ1) is 26.5. The van der Waals surface area contributed by atoms with Crippen LogP contribution in [-0.2, 0) is 32.0 Å². The number of halogens is 1. The van der Waals surface area contributed by atoms with Gasteiger partial charge in [0.25, 0.3) is 5.91 Å². The first-order valence-corrected chi connectivity index (χ1v) is 13.4. The molecule has 3 aliphatic heterocycles. The highest BCUT2D eigenvalue weighted by atomic mass is 35.5. The molecular formula is C24H28ClN7O5S. The summed E-state index contributed by atoms with van der Waals surface area (Å²) < 4.78 is 10.7. The van der Waals surface area contributed by atoms with E-state index in [1.165, 1.54) is 18.4 Å². The minimum atomic E-state index is -0.566. The number of rotatable bonds is 6. The first-order valence-electron chi connectivity index (χ1n) is 12.2. The van der Waals surface area contributed by atoms with Crippen LogP contribution in [0.15, 0.2) is 33.5 Å². The van der Waals surface area contributed by atoms with Crippen molar-refractivity contribution in [3.63, 3.8) is 0 Å². The van der Waals surface area contributed by atoms with E-state index in [0.29, 0.717) is 28.7 Å². The molecule has 1 fully saturated rings. The number of ether oxygens (including phenoxy) is 2. The Morgan fingerprint density at radius 2 is 2.03 bits per heavy atom. The van der Waals surface area contributed by atoms with Gasteiger partial charge in [-0.2, -0.15) is 0 Å². The maximum atomic E-state index is 13.2. The number of allylic oxidation sites excluding steroid dienone is 2. The molecule has 1 unspecified atom stereocenters. The number of carbonyl (C=O) groups excluding carboxylic acids is 3. The number of thiazole rings is 1. The number of methoxy groups -OCH3 is 1. The van der Waals surface area contributed by atoms with Gasteiger partial charge < -0.3 is 29.9 Å². The Morgan fingerprint density at radius 3 is 2.84 bits per heavy atom. The van der Waals surface area contributed by atoms with E-state index in [0.717, 1.165) is 30.1 Å². The summed E-state index contributed by atoms with van der Waals surface area (Å²) in [5.74, 6) is -1.28. The molecular weight excluding hydrogens is 534 g/mol. The summed E-state index contributed by atoms with van der Waals surface area (Å²) in [6, 6.07) is -1.05. The number of carbonyl (C=O) groups is 3. The van der Waals surface area contributed by atoms with E-state index in [1.54, 1.807) is 23.1 Å². The van der Waals surface area contributed by atoms with Gasteiger partial charge in [0.15, 0.2) is 11.1 Å². The number of piperidine rings is 1. The van der Waals surface area contributed by atoms with Crippen LogP contribution >= 0.6 is 22.9 Å². The number of aromatic nitrogens is 1. The predicted octanol–water partition coefficient (Wildman–Crippen LogP) is 0.439. The van der Waals surface area contributed by atoms with Gasteiger partial charge in [-0.05, 0) is 31.7 Å². The second kappa shape index (κ2) is 11.3. The molecule has 202 valence electrons. The minimum absolute atomic E-state index is 0.0667. The Balaban J connectivity index is 1.30.